The van der Waals surface area contributed by atoms with Gasteiger partial charge in [-0.1, -0.05) is 27.2 Å². The van der Waals surface area contributed by atoms with Crippen molar-refractivity contribution >= 4 is 0 Å². The van der Waals surface area contributed by atoms with E-state index in [1.165, 1.54) is 25.8 Å². The van der Waals surface area contributed by atoms with E-state index in [2.05, 4.69) is 26.1 Å². The van der Waals surface area contributed by atoms with Crippen LogP contribution < -0.4 is 5.32 Å². The molecule has 3 aliphatic rings. The van der Waals surface area contributed by atoms with Crippen LogP contribution in [0.5, 0.6) is 0 Å². The van der Waals surface area contributed by atoms with Crippen molar-refractivity contribution in [2.75, 3.05) is 6.54 Å². The van der Waals surface area contributed by atoms with Crippen LogP contribution in [-0.4, -0.2) is 12.6 Å². The molecule has 0 aliphatic heterocycles. The van der Waals surface area contributed by atoms with E-state index >= 15 is 0 Å². The average Bonchev–Trinajstić information content (AvgIpc) is 2.79. The van der Waals surface area contributed by atoms with E-state index in [9.17, 15) is 0 Å². The Hall–Kier alpha value is -0.0400. The molecule has 0 spiro atoms. The van der Waals surface area contributed by atoms with Crippen LogP contribution in [0.25, 0.3) is 0 Å². The lowest BCUT2D eigenvalue weighted by molar-refractivity contribution is 0.276. The van der Waals surface area contributed by atoms with Gasteiger partial charge in [0.25, 0.3) is 0 Å². The minimum absolute atomic E-state index is 0.836. The zero-order chi connectivity index (χ0) is 12.7. The highest BCUT2D eigenvalue weighted by Gasteiger charge is 2.66. The lowest BCUT2D eigenvalue weighted by atomic mass is 9.87. The largest absolute Gasteiger partial charge is 0.313 e. The van der Waals surface area contributed by atoms with Crippen LogP contribution in [0.15, 0.2) is 0 Å². The van der Waals surface area contributed by atoms with E-state index in [4.69, 9.17) is 0 Å². The van der Waals surface area contributed by atoms with Gasteiger partial charge in [-0.15, -0.1) is 0 Å². The van der Waals surface area contributed by atoms with Gasteiger partial charge in [0.15, 0.2) is 0 Å². The first-order valence-electron chi connectivity index (χ1n) is 8.51. The predicted octanol–water partition coefficient (Wildman–Crippen LogP) is 4.08. The smallest absolute Gasteiger partial charge is 0.0127 e. The van der Waals surface area contributed by atoms with Gasteiger partial charge in [-0.2, -0.15) is 0 Å². The van der Waals surface area contributed by atoms with Crippen LogP contribution in [0.4, 0.5) is 0 Å². The lowest BCUT2D eigenvalue weighted by Gasteiger charge is -2.27. The van der Waals surface area contributed by atoms with Crippen LogP contribution >= 0.6 is 0 Å². The fourth-order valence-electron chi connectivity index (χ4n) is 5.54. The minimum atomic E-state index is 0.836. The van der Waals surface area contributed by atoms with Crippen molar-refractivity contribution in [1.82, 2.24) is 5.32 Å². The molecule has 6 atom stereocenters. The van der Waals surface area contributed by atoms with Crippen LogP contribution in [0.1, 0.15) is 59.3 Å². The third kappa shape index (κ3) is 2.03. The molecule has 0 heterocycles. The summed E-state index contributed by atoms with van der Waals surface area (Å²) in [5.41, 5.74) is 0. The molecule has 3 aliphatic carbocycles. The summed E-state index contributed by atoms with van der Waals surface area (Å²) >= 11 is 0. The van der Waals surface area contributed by atoms with E-state index in [-0.39, 0.29) is 0 Å². The first-order valence-corrected chi connectivity index (χ1v) is 8.51. The molecule has 6 unspecified atom stereocenters. The topological polar surface area (TPSA) is 12.0 Å². The third-order valence-corrected chi connectivity index (χ3v) is 6.20. The van der Waals surface area contributed by atoms with Crippen molar-refractivity contribution in [1.29, 1.82) is 0 Å². The molecule has 0 aromatic heterocycles. The molecule has 18 heavy (non-hydrogen) atoms. The zero-order valence-corrected chi connectivity index (χ0v) is 12.5. The van der Waals surface area contributed by atoms with Crippen molar-refractivity contribution in [3.05, 3.63) is 0 Å². The summed E-state index contributed by atoms with van der Waals surface area (Å²) in [6, 6.07) is 0.836. The molecule has 0 saturated heterocycles. The van der Waals surface area contributed by atoms with Crippen molar-refractivity contribution < 1.29 is 0 Å². The van der Waals surface area contributed by atoms with Crippen LogP contribution in [-0.2, 0) is 0 Å². The van der Waals surface area contributed by atoms with Gasteiger partial charge >= 0.3 is 0 Å². The van der Waals surface area contributed by atoms with Gasteiger partial charge in [-0.25, -0.2) is 0 Å². The third-order valence-electron chi connectivity index (χ3n) is 6.20. The molecule has 0 aromatic carbocycles. The van der Waals surface area contributed by atoms with E-state index in [0.29, 0.717) is 0 Å². The Morgan fingerprint density at radius 2 is 1.72 bits per heavy atom. The van der Waals surface area contributed by atoms with Crippen LogP contribution in [0, 0.1) is 35.5 Å². The summed E-state index contributed by atoms with van der Waals surface area (Å²) in [7, 11) is 0. The molecule has 3 fully saturated rings. The average molecular weight is 249 g/mol. The van der Waals surface area contributed by atoms with Crippen molar-refractivity contribution in [3.8, 4) is 0 Å². The second-order valence-electron chi connectivity index (χ2n) is 7.31. The van der Waals surface area contributed by atoms with Crippen molar-refractivity contribution in [3.63, 3.8) is 0 Å². The quantitative estimate of drug-likeness (QED) is 0.717. The molecule has 0 radical (unpaired) electrons. The molecule has 0 aromatic rings. The second-order valence-corrected chi connectivity index (χ2v) is 7.31. The monoisotopic (exact) mass is 249 g/mol. The highest BCUT2D eigenvalue weighted by atomic mass is 15.0. The number of rotatable bonds is 7. The SMILES string of the molecule is CCCNC(C(C)CCC)C1C2C3CCC(C3)C21. The summed E-state index contributed by atoms with van der Waals surface area (Å²) in [5.74, 6) is 6.48. The van der Waals surface area contributed by atoms with Gasteiger partial charge < -0.3 is 5.32 Å². The highest BCUT2D eigenvalue weighted by molar-refractivity contribution is 5.16. The minimum Gasteiger partial charge on any atom is -0.313 e. The number of fused-ring (bicyclic) bond motifs is 5. The number of hydrogen-bond donors (Lipinski definition) is 1. The van der Waals surface area contributed by atoms with Gasteiger partial charge in [-0.3, -0.25) is 0 Å². The normalized spacial score (nSPS) is 43.8. The van der Waals surface area contributed by atoms with E-state index < -0.39 is 0 Å². The summed E-state index contributed by atoms with van der Waals surface area (Å²) in [6.45, 7) is 8.35. The van der Waals surface area contributed by atoms with E-state index in [0.717, 1.165) is 41.5 Å². The van der Waals surface area contributed by atoms with Crippen molar-refractivity contribution in [2.24, 2.45) is 35.5 Å². The predicted molar refractivity (Wildman–Crippen MR) is 77.5 cm³/mol. The first kappa shape index (κ1) is 13.0. The van der Waals surface area contributed by atoms with Gasteiger partial charge in [0, 0.05) is 6.04 Å². The van der Waals surface area contributed by atoms with Crippen molar-refractivity contribution in [2.45, 2.75) is 65.3 Å². The highest BCUT2D eigenvalue weighted by Crippen LogP contribution is 2.70. The molecule has 104 valence electrons. The van der Waals surface area contributed by atoms with Crippen LogP contribution in [0.3, 0.4) is 0 Å². The first-order chi connectivity index (χ1) is 8.77. The Morgan fingerprint density at radius 3 is 2.28 bits per heavy atom. The Balaban J connectivity index is 1.63. The van der Waals surface area contributed by atoms with E-state index in [1.54, 1.807) is 19.3 Å². The number of hydrogen-bond acceptors (Lipinski definition) is 1. The Kier molecular flexibility index (Phi) is 3.71. The maximum absolute atomic E-state index is 3.91. The molecule has 3 rings (SSSR count). The molecule has 1 nitrogen and oxygen atoms in total. The lowest BCUT2D eigenvalue weighted by Crippen LogP contribution is -2.39. The molecule has 1 N–H and O–H groups in total. The maximum atomic E-state index is 3.91. The van der Waals surface area contributed by atoms with E-state index in [1.807, 2.05) is 0 Å². The summed E-state index contributed by atoms with van der Waals surface area (Å²) < 4.78 is 0. The Labute approximate surface area is 113 Å². The molecule has 1 heteroatoms. The summed E-state index contributed by atoms with van der Waals surface area (Å²) in [4.78, 5) is 0. The fourth-order valence-corrected chi connectivity index (χ4v) is 5.54. The maximum Gasteiger partial charge on any atom is 0.0127 e. The summed E-state index contributed by atoms with van der Waals surface area (Å²) in [5, 5.41) is 3.91. The standard InChI is InChI=1S/C17H31N/c1-4-6-11(3)17(18-9-5-2)16-14-12-7-8-13(10-12)15(14)16/h11-18H,4-10H2,1-3H3. The molecular weight excluding hydrogens is 218 g/mol. The van der Waals surface area contributed by atoms with Crippen LogP contribution in [0.2, 0.25) is 0 Å². The number of nitrogens with one attached hydrogen (secondary N) is 1. The molecule has 2 bridgehead atoms. The van der Waals surface area contributed by atoms with Gasteiger partial charge in [0.05, 0.1) is 0 Å². The Morgan fingerprint density at radius 1 is 1.06 bits per heavy atom. The zero-order valence-electron chi connectivity index (χ0n) is 12.5. The summed E-state index contributed by atoms with van der Waals surface area (Å²) in [6.07, 6.45) is 8.75. The van der Waals surface area contributed by atoms with Gasteiger partial charge in [0.1, 0.15) is 0 Å². The Bertz CT molecular complexity index is 271. The molecule has 0 amide bonds. The molecule has 3 saturated carbocycles. The molecular formula is C17H31N. The fraction of sp³-hybridized carbons (Fsp3) is 1.00. The van der Waals surface area contributed by atoms with Gasteiger partial charge in [0.2, 0.25) is 0 Å². The second kappa shape index (κ2) is 5.15. The van der Waals surface area contributed by atoms with Gasteiger partial charge in [-0.05, 0) is 74.2 Å².